The minimum absolute atomic E-state index is 0.0300. The number of carboxylic acid groups (broad SMARTS) is 1. The zero-order chi connectivity index (χ0) is 14.0. The summed E-state index contributed by atoms with van der Waals surface area (Å²) < 4.78 is 2.27. The summed E-state index contributed by atoms with van der Waals surface area (Å²) in [5.41, 5.74) is 1.23. The van der Waals surface area contributed by atoms with Crippen LogP contribution >= 0.6 is 23.5 Å². The molecule has 1 aliphatic rings. The van der Waals surface area contributed by atoms with Gasteiger partial charge in [-0.05, 0) is 12.2 Å². The fourth-order valence-corrected chi connectivity index (χ4v) is 4.17. The Morgan fingerprint density at radius 1 is 1.63 bits per heavy atom. The topological polar surface area (TPSA) is 55.1 Å². The van der Waals surface area contributed by atoms with Gasteiger partial charge in [0, 0.05) is 29.1 Å². The zero-order valence-electron chi connectivity index (χ0n) is 11.5. The molecule has 1 aromatic rings. The van der Waals surface area contributed by atoms with Gasteiger partial charge in [0.2, 0.25) is 0 Å². The Hall–Kier alpha value is -0.620. The van der Waals surface area contributed by atoms with Gasteiger partial charge in [0.15, 0.2) is 5.16 Å². The predicted molar refractivity (Wildman–Crippen MR) is 80.3 cm³/mol. The average Bonchev–Trinajstić information content (AvgIpc) is 2.93. The first kappa shape index (κ1) is 14.8. The molecule has 0 spiro atoms. The molecule has 4 nitrogen and oxygen atoms in total. The number of thioether (sulfide) groups is 2. The highest BCUT2D eigenvalue weighted by Crippen LogP contribution is 2.36. The number of aliphatic carboxylic acids is 1. The molecule has 1 aromatic heterocycles. The molecular formula is C13H20N2O2S2. The molecule has 6 heteroatoms. The fourth-order valence-electron chi connectivity index (χ4n) is 2.21. The van der Waals surface area contributed by atoms with Crippen LogP contribution in [-0.4, -0.2) is 37.9 Å². The Morgan fingerprint density at radius 2 is 2.37 bits per heavy atom. The number of hydrogen-bond donors (Lipinski definition) is 1. The van der Waals surface area contributed by atoms with Gasteiger partial charge in [0.05, 0.1) is 5.75 Å². The first-order valence-corrected chi connectivity index (χ1v) is 8.53. The third-order valence-corrected chi connectivity index (χ3v) is 5.22. The SMILES string of the molecule is CC(C)(C)c1cnc(SCC(=O)O)n1C1CCSC1. The summed E-state index contributed by atoms with van der Waals surface area (Å²) in [5.74, 6) is 1.55. The van der Waals surface area contributed by atoms with Crippen molar-refractivity contribution in [3.63, 3.8) is 0 Å². The Balaban J connectivity index is 2.32. The number of carbonyl (C=O) groups is 1. The van der Waals surface area contributed by atoms with Crippen LogP contribution in [0.1, 0.15) is 38.9 Å². The monoisotopic (exact) mass is 300 g/mol. The molecular weight excluding hydrogens is 280 g/mol. The molecule has 1 saturated heterocycles. The molecule has 2 heterocycles. The molecule has 1 N–H and O–H groups in total. The minimum atomic E-state index is -0.794. The molecule has 1 aliphatic heterocycles. The highest BCUT2D eigenvalue weighted by atomic mass is 32.2. The van der Waals surface area contributed by atoms with Gasteiger partial charge in [-0.15, -0.1) is 0 Å². The van der Waals surface area contributed by atoms with E-state index < -0.39 is 5.97 Å². The molecule has 0 radical (unpaired) electrons. The summed E-state index contributed by atoms with van der Waals surface area (Å²) in [4.78, 5) is 15.2. The van der Waals surface area contributed by atoms with Gasteiger partial charge in [0.25, 0.3) is 0 Å². The number of rotatable bonds is 4. The second-order valence-electron chi connectivity index (χ2n) is 5.75. The molecule has 0 bridgehead atoms. The quantitative estimate of drug-likeness (QED) is 0.866. The third-order valence-electron chi connectivity index (χ3n) is 3.13. The molecule has 0 saturated carbocycles. The van der Waals surface area contributed by atoms with Crippen molar-refractivity contribution in [2.75, 3.05) is 17.3 Å². The van der Waals surface area contributed by atoms with Crippen LogP contribution in [0.25, 0.3) is 0 Å². The average molecular weight is 300 g/mol. The highest BCUT2D eigenvalue weighted by molar-refractivity contribution is 8.00. The maximum Gasteiger partial charge on any atom is 0.313 e. The van der Waals surface area contributed by atoms with Crippen LogP contribution in [0.2, 0.25) is 0 Å². The summed E-state index contributed by atoms with van der Waals surface area (Å²) in [6.45, 7) is 6.52. The number of aromatic nitrogens is 2. The van der Waals surface area contributed by atoms with Crippen molar-refractivity contribution in [3.8, 4) is 0 Å². The van der Waals surface area contributed by atoms with Crippen molar-refractivity contribution in [2.45, 2.75) is 43.8 Å². The van der Waals surface area contributed by atoms with E-state index in [1.807, 2.05) is 18.0 Å². The van der Waals surface area contributed by atoms with Crippen molar-refractivity contribution in [1.82, 2.24) is 9.55 Å². The van der Waals surface area contributed by atoms with E-state index >= 15 is 0 Å². The largest absolute Gasteiger partial charge is 0.481 e. The van der Waals surface area contributed by atoms with Gasteiger partial charge in [0.1, 0.15) is 0 Å². The summed E-state index contributed by atoms with van der Waals surface area (Å²) >= 11 is 3.28. The van der Waals surface area contributed by atoms with Crippen molar-refractivity contribution in [1.29, 1.82) is 0 Å². The van der Waals surface area contributed by atoms with Gasteiger partial charge < -0.3 is 9.67 Å². The smallest absolute Gasteiger partial charge is 0.313 e. The van der Waals surface area contributed by atoms with Crippen molar-refractivity contribution < 1.29 is 9.90 Å². The fraction of sp³-hybridized carbons (Fsp3) is 0.692. The Labute approximate surface area is 122 Å². The summed E-state index contributed by atoms with van der Waals surface area (Å²) in [6.07, 6.45) is 3.05. The highest BCUT2D eigenvalue weighted by Gasteiger charge is 2.28. The summed E-state index contributed by atoms with van der Waals surface area (Å²) in [7, 11) is 0. The van der Waals surface area contributed by atoms with E-state index in [-0.39, 0.29) is 11.2 Å². The van der Waals surface area contributed by atoms with Crippen LogP contribution in [0.15, 0.2) is 11.4 Å². The van der Waals surface area contributed by atoms with E-state index in [0.717, 1.165) is 17.3 Å². The van der Waals surface area contributed by atoms with Crippen LogP contribution in [0.3, 0.4) is 0 Å². The molecule has 1 unspecified atom stereocenters. The number of hydrogen-bond acceptors (Lipinski definition) is 4. The molecule has 0 amide bonds. The van der Waals surface area contributed by atoms with E-state index in [9.17, 15) is 4.79 Å². The summed E-state index contributed by atoms with van der Waals surface area (Å²) in [5, 5.41) is 9.68. The standard InChI is InChI=1S/C13H20N2O2S2/c1-13(2,3)10-6-14-12(19-8-11(16)17)15(10)9-4-5-18-7-9/h6,9H,4-5,7-8H2,1-3H3,(H,16,17). The number of nitrogens with zero attached hydrogens (tertiary/aromatic N) is 2. The maximum atomic E-state index is 10.7. The molecule has 0 aliphatic carbocycles. The van der Waals surface area contributed by atoms with Gasteiger partial charge in [-0.1, -0.05) is 32.5 Å². The van der Waals surface area contributed by atoms with Gasteiger partial charge in [-0.2, -0.15) is 11.8 Å². The molecule has 0 aromatic carbocycles. The van der Waals surface area contributed by atoms with Crippen molar-refractivity contribution in [2.24, 2.45) is 0 Å². The van der Waals surface area contributed by atoms with Gasteiger partial charge in [-0.25, -0.2) is 4.98 Å². The Morgan fingerprint density at radius 3 is 2.89 bits per heavy atom. The van der Waals surface area contributed by atoms with E-state index in [1.165, 1.54) is 23.2 Å². The normalized spacial score (nSPS) is 19.8. The predicted octanol–water partition coefficient (Wildman–Crippen LogP) is 3.04. The number of imidazole rings is 1. The minimum Gasteiger partial charge on any atom is -0.481 e. The van der Waals surface area contributed by atoms with Crippen LogP contribution in [0.5, 0.6) is 0 Å². The lowest BCUT2D eigenvalue weighted by atomic mass is 9.92. The zero-order valence-corrected chi connectivity index (χ0v) is 13.2. The molecule has 19 heavy (non-hydrogen) atoms. The van der Waals surface area contributed by atoms with Crippen LogP contribution in [0.4, 0.5) is 0 Å². The molecule has 106 valence electrons. The summed E-state index contributed by atoms with van der Waals surface area (Å²) in [6, 6.07) is 0.456. The Kier molecular flexibility index (Phi) is 4.50. The van der Waals surface area contributed by atoms with E-state index in [1.54, 1.807) is 0 Å². The lowest BCUT2D eigenvalue weighted by Crippen LogP contribution is -2.21. The lowest BCUT2D eigenvalue weighted by Gasteiger charge is -2.25. The van der Waals surface area contributed by atoms with Gasteiger partial charge in [-0.3, -0.25) is 4.79 Å². The van der Waals surface area contributed by atoms with Crippen molar-refractivity contribution >= 4 is 29.5 Å². The van der Waals surface area contributed by atoms with E-state index in [0.29, 0.717) is 6.04 Å². The third kappa shape index (κ3) is 3.48. The van der Waals surface area contributed by atoms with Gasteiger partial charge >= 0.3 is 5.97 Å². The Bertz CT molecular complexity index is 460. The second kappa shape index (κ2) is 5.79. The molecule has 1 fully saturated rings. The van der Waals surface area contributed by atoms with Crippen LogP contribution in [-0.2, 0) is 10.2 Å². The van der Waals surface area contributed by atoms with Crippen LogP contribution < -0.4 is 0 Å². The molecule has 2 rings (SSSR count). The second-order valence-corrected chi connectivity index (χ2v) is 7.84. The lowest BCUT2D eigenvalue weighted by molar-refractivity contribution is -0.133. The first-order valence-electron chi connectivity index (χ1n) is 6.39. The van der Waals surface area contributed by atoms with E-state index in [2.05, 4.69) is 30.3 Å². The number of carboxylic acids is 1. The van der Waals surface area contributed by atoms with E-state index in [4.69, 9.17) is 5.11 Å². The molecule has 1 atom stereocenters. The first-order chi connectivity index (χ1) is 8.89. The maximum absolute atomic E-state index is 10.7. The van der Waals surface area contributed by atoms with Crippen LogP contribution in [0, 0.1) is 0 Å². The van der Waals surface area contributed by atoms with Crippen molar-refractivity contribution in [3.05, 3.63) is 11.9 Å².